The standard InChI is InChI=1S/2C12H14O4.C8H6O4/c2*1-3-15-11(13)9-7-5-6-8-10(9)12(14)16-4-2;9-7(10)5-3-1-2-4-6(5)8(11)12/h2*5-8H,3-4H2,1-2H3;1-4H,(H,9,10)(H,11,12). The third-order valence-corrected chi connectivity index (χ3v) is 5.22. The zero-order valence-electron chi connectivity index (χ0n) is 24.7. The summed E-state index contributed by atoms with van der Waals surface area (Å²) in [6, 6.07) is 18.4. The van der Waals surface area contributed by atoms with Crippen molar-refractivity contribution in [3.8, 4) is 0 Å². The molecule has 0 amide bonds. The van der Waals surface area contributed by atoms with Crippen LogP contribution < -0.4 is 0 Å². The molecule has 0 aliphatic rings. The average Bonchev–Trinajstić information content (AvgIpc) is 3.02. The number of hydrogen-bond donors (Lipinski definition) is 2. The number of esters is 4. The van der Waals surface area contributed by atoms with Gasteiger partial charge in [0.25, 0.3) is 0 Å². The second-order valence-corrected chi connectivity index (χ2v) is 8.13. The summed E-state index contributed by atoms with van der Waals surface area (Å²) in [4.78, 5) is 67.1. The highest BCUT2D eigenvalue weighted by atomic mass is 16.5. The van der Waals surface area contributed by atoms with E-state index in [1.54, 1.807) is 76.2 Å². The van der Waals surface area contributed by atoms with Gasteiger partial charge in [-0.25, -0.2) is 28.8 Å². The first-order valence-electron chi connectivity index (χ1n) is 13.5. The van der Waals surface area contributed by atoms with Crippen molar-refractivity contribution < 1.29 is 57.9 Å². The molecule has 0 heterocycles. The van der Waals surface area contributed by atoms with Gasteiger partial charge >= 0.3 is 35.8 Å². The Morgan fingerprint density at radius 2 is 0.591 bits per heavy atom. The second-order valence-electron chi connectivity index (χ2n) is 8.13. The van der Waals surface area contributed by atoms with E-state index in [0.29, 0.717) is 0 Å². The fourth-order valence-electron chi connectivity index (χ4n) is 3.37. The first-order valence-corrected chi connectivity index (χ1v) is 13.5. The van der Waals surface area contributed by atoms with Gasteiger partial charge < -0.3 is 29.2 Å². The quantitative estimate of drug-likeness (QED) is 0.228. The third-order valence-electron chi connectivity index (χ3n) is 5.22. The van der Waals surface area contributed by atoms with Gasteiger partial charge in [0.15, 0.2) is 0 Å². The summed E-state index contributed by atoms with van der Waals surface area (Å²) in [5.74, 6) is -4.49. The maximum atomic E-state index is 11.5. The molecule has 0 aliphatic carbocycles. The van der Waals surface area contributed by atoms with Crippen LogP contribution in [-0.2, 0) is 18.9 Å². The van der Waals surface area contributed by atoms with E-state index in [-0.39, 0.29) is 59.8 Å². The van der Waals surface area contributed by atoms with Gasteiger partial charge in [-0.2, -0.15) is 0 Å². The Balaban J connectivity index is 0.000000334. The first-order chi connectivity index (χ1) is 21.0. The highest BCUT2D eigenvalue weighted by Crippen LogP contribution is 2.13. The Kier molecular flexibility index (Phi) is 16.2. The van der Waals surface area contributed by atoms with Crippen molar-refractivity contribution in [3.63, 3.8) is 0 Å². The van der Waals surface area contributed by atoms with E-state index >= 15 is 0 Å². The van der Waals surface area contributed by atoms with Crippen molar-refractivity contribution in [2.45, 2.75) is 27.7 Å². The van der Waals surface area contributed by atoms with Gasteiger partial charge in [0.1, 0.15) is 0 Å². The van der Waals surface area contributed by atoms with Gasteiger partial charge in [0.05, 0.1) is 59.8 Å². The van der Waals surface area contributed by atoms with Crippen molar-refractivity contribution in [1.82, 2.24) is 0 Å². The molecule has 0 fully saturated rings. The molecule has 44 heavy (non-hydrogen) atoms. The van der Waals surface area contributed by atoms with Gasteiger partial charge in [-0.15, -0.1) is 0 Å². The molecule has 0 saturated carbocycles. The second kappa shape index (κ2) is 19.6. The van der Waals surface area contributed by atoms with Crippen LogP contribution in [0.1, 0.15) is 89.8 Å². The van der Waals surface area contributed by atoms with Crippen molar-refractivity contribution in [2.24, 2.45) is 0 Å². The zero-order valence-corrected chi connectivity index (χ0v) is 24.7. The lowest BCUT2D eigenvalue weighted by molar-refractivity contribution is 0.0479. The molecule has 0 aliphatic heterocycles. The molecule has 12 heteroatoms. The molecule has 0 radical (unpaired) electrons. The molecule has 0 atom stereocenters. The SMILES string of the molecule is CCOC(=O)c1ccccc1C(=O)OCC.CCOC(=O)c1ccccc1C(=O)OCC.O=C(O)c1ccccc1C(=O)O. The minimum absolute atomic E-state index is 0.190. The lowest BCUT2D eigenvalue weighted by Crippen LogP contribution is -2.13. The molecule has 3 aromatic rings. The number of carbonyl (C=O) groups is 6. The van der Waals surface area contributed by atoms with E-state index in [4.69, 9.17) is 29.2 Å². The van der Waals surface area contributed by atoms with E-state index in [1.807, 2.05) is 0 Å². The molecule has 0 aromatic heterocycles. The minimum Gasteiger partial charge on any atom is -0.478 e. The third kappa shape index (κ3) is 11.4. The number of carboxylic acid groups (broad SMARTS) is 2. The first kappa shape index (κ1) is 36.5. The topological polar surface area (TPSA) is 180 Å². The molecule has 0 unspecified atom stereocenters. The van der Waals surface area contributed by atoms with E-state index < -0.39 is 35.8 Å². The van der Waals surface area contributed by atoms with E-state index in [0.717, 1.165) is 0 Å². The minimum atomic E-state index is -1.23. The highest BCUT2D eigenvalue weighted by molar-refractivity contribution is 6.04. The number of rotatable bonds is 10. The molecule has 0 spiro atoms. The Morgan fingerprint density at radius 1 is 0.409 bits per heavy atom. The maximum absolute atomic E-state index is 11.5. The van der Waals surface area contributed by atoms with Crippen molar-refractivity contribution >= 4 is 35.8 Å². The fraction of sp³-hybridized carbons (Fsp3) is 0.250. The molecule has 3 rings (SSSR count). The van der Waals surface area contributed by atoms with Crippen molar-refractivity contribution in [3.05, 3.63) is 106 Å². The van der Waals surface area contributed by atoms with E-state index in [9.17, 15) is 28.8 Å². The molecular formula is C32H34O12. The monoisotopic (exact) mass is 610 g/mol. The largest absolute Gasteiger partial charge is 0.478 e. The van der Waals surface area contributed by atoms with Gasteiger partial charge in [-0.1, -0.05) is 36.4 Å². The summed E-state index contributed by atoms with van der Waals surface area (Å²) in [6.45, 7) is 7.95. The summed E-state index contributed by atoms with van der Waals surface area (Å²) in [7, 11) is 0. The van der Waals surface area contributed by atoms with Crippen LogP contribution in [0.25, 0.3) is 0 Å². The molecular weight excluding hydrogens is 576 g/mol. The summed E-state index contributed by atoms with van der Waals surface area (Å²) >= 11 is 0. The van der Waals surface area contributed by atoms with Crippen LogP contribution in [0, 0.1) is 0 Å². The molecule has 3 aromatic carbocycles. The van der Waals surface area contributed by atoms with Crippen LogP contribution in [0.2, 0.25) is 0 Å². The van der Waals surface area contributed by atoms with Gasteiger partial charge in [0, 0.05) is 0 Å². The summed E-state index contributed by atoms with van der Waals surface area (Å²) in [5, 5.41) is 17.1. The zero-order chi connectivity index (χ0) is 33.1. The van der Waals surface area contributed by atoms with Crippen LogP contribution in [0.5, 0.6) is 0 Å². The summed E-state index contributed by atoms with van der Waals surface area (Å²) < 4.78 is 19.4. The normalized spacial score (nSPS) is 9.55. The van der Waals surface area contributed by atoms with Gasteiger partial charge in [0.2, 0.25) is 0 Å². The van der Waals surface area contributed by atoms with Gasteiger partial charge in [-0.05, 0) is 64.1 Å². The summed E-state index contributed by atoms with van der Waals surface area (Å²) in [5.41, 5.74) is 0.575. The Hall–Kier alpha value is -5.52. The Labute approximate surface area is 254 Å². The van der Waals surface area contributed by atoms with Crippen LogP contribution in [0.3, 0.4) is 0 Å². The van der Waals surface area contributed by atoms with Crippen molar-refractivity contribution in [1.29, 1.82) is 0 Å². The number of hydrogen-bond acceptors (Lipinski definition) is 10. The smallest absolute Gasteiger partial charge is 0.338 e. The Morgan fingerprint density at radius 3 is 0.750 bits per heavy atom. The summed E-state index contributed by atoms with van der Waals surface area (Å²) in [6.07, 6.45) is 0. The highest BCUT2D eigenvalue weighted by Gasteiger charge is 2.19. The van der Waals surface area contributed by atoms with E-state index in [1.165, 1.54) is 24.3 Å². The molecule has 0 bridgehead atoms. The van der Waals surface area contributed by atoms with Crippen LogP contribution >= 0.6 is 0 Å². The lowest BCUT2D eigenvalue weighted by Gasteiger charge is -2.07. The number of aromatic carboxylic acids is 2. The van der Waals surface area contributed by atoms with E-state index in [2.05, 4.69) is 0 Å². The number of carbonyl (C=O) groups excluding carboxylic acids is 4. The van der Waals surface area contributed by atoms with Gasteiger partial charge in [-0.3, -0.25) is 0 Å². The van der Waals surface area contributed by atoms with Crippen LogP contribution in [-0.4, -0.2) is 72.5 Å². The predicted molar refractivity (Wildman–Crippen MR) is 157 cm³/mol. The van der Waals surface area contributed by atoms with Crippen molar-refractivity contribution in [2.75, 3.05) is 26.4 Å². The molecule has 12 nitrogen and oxygen atoms in total. The fourth-order valence-corrected chi connectivity index (χ4v) is 3.37. The molecule has 0 saturated heterocycles. The Bertz CT molecular complexity index is 1260. The number of ether oxygens (including phenoxy) is 4. The van der Waals surface area contributed by atoms with Crippen LogP contribution in [0.4, 0.5) is 0 Å². The maximum Gasteiger partial charge on any atom is 0.338 e. The average molecular weight is 611 g/mol. The van der Waals surface area contributed by atoms with Crippen LogP contribution in [0.15, 0.2) is 72.8 Å². The molecule has 234 valence electrons. The lowest BCUT2D eigenvalue weighted by atomic mass is 10.1. The predicted octanol–water partition coefficient (Wildman–Crippen LogP) is 5.16. The number of carboxylic acids is 2. The molecule has 2 N–H and O–H groups in total. The number of benzene rings is 3.